The molecule has 0 radical (unpaired) electrons. The lowest BCUT2D eigenvalue weighted by molar-refractivity contribution is 0.355. The highest BCUT2D eigenvalue weighted by Crippen LogP contribution is 2.31. The molecular weight excluding hydrogens is 284 g/mol. The Morgan fingerprint density at radius 3 is 2.47 bits per heavy atom. The van der Waals surface area contributed by atoms with Crippen molar-refractivity contribution >= 4 is 15.9 Å². The topological polar surface area (TPSA) is 44.2 Å². The summed E-state index contributed by atoms with van der Waals surface area (Å²) in [5, 5.41) is 0. The summed E-state index contributed by atoms with van der Waals surface area (Å²) >= 11 is 3.32. The van der Waals surface area contributed by atoms with Crippen LogP contribution in [-0.4, -0.2) is 24.2 Å². The molecule has 0 aliphatic rings. The van der Waals surface area contributed by atoms with E-state index in [1.165, 1.54) is 0 Å². The maximum absolute atomic E-state index is 5.24. The molecule has 0 saturated heterocycles. The highest BCUT2D eigenvalue weighted by Gasteiger charge is 2.08. The second kappa shape index (κ2) is 5.14. The summed E-state index contributed by atoms with van der Waals surface area (Å²) in [7, 11) is 3.20. The highest BCUT2D eigenvalue weighted by molar-refractivity contribution is 9.10. The molecule has 0 unspecified atom stereocenters. The van der Waals surface area contributed by atoms with Crippen LogP contribution in [0, 0.1) is 0 Å². The first-order valence-electron chi connectivity index (χ1n) is 4.95. The van der Waals surface area contributed by atoms with E-state index in [1.807, 2.05) is 18.2 Å². The number of hydrogen-bond donors (Lipinski definition) is 0. The zero-order valence-electron chi connectivity index (χ0n) is 9.48. The average Bonchev–Trinajstić information content (AvgIpc) is 2.38. The van der Waals surface area contributed by atoms with Crippen LogP contribution in [-0.2, 0) is 0 Å². The molecule has 0 aliphatic carbocycles. The third-order valence-electron chi connectivity index (χ3n) is 2.26. The third kappa shape index (κ3) is 2.55. The van der Waals surface area contributed by atoms with E-state index in [0.29, 0.717) is 17.3 Å². The number of nitrogens with zero attached hydrogens (tertiary/aromatic N) is 2. The van der Waals surface area contributed by atoms with Gasteiger partial charge in [-0.15, -0.1) is 0 Å². The molecular formula is C12H11BrN2O2. The van der Waals surface area contributed by atoms with Gasteiger partial charge in [0.05, 0.1) is 14.2 Å². The molecule has 1 heterocycles. The first-order chi connectivity index (χ1) is 8.24. The fourth-order valence-electron chi connectivity index (χ4n) is 1.45. The molecule has 88 valence electrons. The molecule has 0 spiro atoms. The fourth-order valence-corrected chi connectivity index (χ4v) is 1.74. The van der Waals surface area contributed by atoms with Gasteiger partial charge < -0.3 is 9.47 Å². The lowest BCUT2D eigenvalue weighted by Gasteiger charge is -2.08. The average molecular weight is 295 g/mol. The lowest BCUT2D eigenvalue weighted by Crippen LogP contribution is -1.93. The summed E-state index contributed by atoms with van der Waals surface area (Å²) < 4.78 is 11.2. The molecule has 0 bridgehead atoms. The van der Waals surface area contributed by atoms with Crippen molar-refractivity contribution < 1.29 is 9.47 Å². The van der Waals surface area contributed by atoms with Crippen molar-refractivity contribution in [3.8, 4) is 22.9 Å². The van der Waals surface area contributed by atoms with Crippen molar-refractivity contribution in [2.75, 3.05) is 14.2 Å². The quantitative estimate of drug-likeness (QED) is 0.817. The van der Waals surface area contributed by atoms with Crippen LogP contribution in [0.15, 0.2) is 35.1 Å². The molecule has 1 aromatic heterocycles. The second-order valence-corrected chi connectivity index (χ2v) is 4.09. The molecule has 5 heteroatoms. The minimum atomic E-state index is 0.639. The van der Waals surface area contributed by atoms with Crippen molar-refractivity contribution in [3.05, 3.63) is 35.1 Å². The van der Waals surface area contributed by atoms with E-state index in [2.05, 4.69) is 25.9 Å². The monoisotopic (exact) mass is 294 g/mol. The lowest BCUT2D eigenvalue weighted by atomic mass is 10.2. The molecule has 17 heavy (non-hydrogen) atoms. The maximum atomic E-state index is 5.24. The number of methoxy groups -OCH3 is 2. The SMILES string of the molecule is COc1ccc(-c2nccc(Br)n2)cc1OC. The Labute approximate surface area is 108 Å². The molecule has 0 N–H and O–H groups in total. The molecule has 2 aromatic rings. The Hall–Kier alpha value is -1.62. The Kier molecular flexibility index (Phi) is 3.58. The molecule has 4 nitrogen and oxygen atoms in total. The molecule has 2 rings (SSSR count). The predicted octanol–water partition coefficient (Wildman–Crippen LogP) is 2.92. The fraction of sp³-hybridized carbons (Fsp3) is 0.167. The zero-order chi connectivity index (χ0) is 12.3. The Morgan fingerprint density at radius 2 is 1.82 bits per heavy atom. The van der Waals surface area contributed by atoms with Gasteiger partial charge in [-0.1, -0.05) is 0 Å². The number of aromatic nitrogens is 2. The summed E-state index contributed by atoms with van der Waals surface area (Å²) in [6.07, 6.45) is 1.70. The van der Waals surface area contributed by atoms with Crippen LogP contribution in [0.3, 0.4) is 0 Å². The number of ether oxygens (including phenoxy) is 2. The third-order valence-corrected chi connectivity index (χ3v) is 2.70. The van der Waals surface area contributed by atoms with E-state index in [-0.39, 0.29) is 0 Å². The van der Waals surface area contributed by atoms with Gasteiger partial charge in [-0.2, -0.15) is 0 Å². The smallest absolute Gasteiger partial charge is 0.161 e. The van der Waals surface area contributed by atoms with Crippen molar-refractivity contribution in [1.82, 2.24) is 9.97 Å². The maximum Gasteiger partial charge on any atom is 0.161 e. The van der Waals surface area contributed by atoms with E-state index in [9.17, 15) is 0 Å². The van der Waals surface area contributed by atoms with Crippen LogP contribution in [0.1, 0.15) is 0 Å². The molecule has 0 aliphatic heterocycles. The molecule has 0 atom stereocenters. The van der Waals surface area contributed by atoms with Gasteiger partial charge in [0.2, 0.25) is 0 Å². The van der Waals surface area contributed by atoms with Crippen LogP contribution in [0.25, 0.3) is 11.4 Å². The van der Waals surface area contributed by atoms with Crippen molar-refractivity contribution in [2.45, 2.75) is 0 Å². The normalized spacial score (nSPS) is 10.1. The standard InChI is InChI=1S/C12H11BrN2O2/c1-16-9-4-3-8(7-10(9)17-2)12-14-6-5-11(13)15-12/h3-7H,1-2H3. The van der Waals surface area contributed by atoms with Crippen molar-refractivity contribution in [3.63, 3.8) is 0 Å². The van der Waals surface area contributed by atoms with Gasteiger partial charge in [0.25, 0.3) is 0 Å². The number of halogens is 1. The van der Waals surface area contributed by atoms with Crippen LogP contribution in [0.4, 0.5) is 0 Å². The van der Waals surface area contributed by atoms with E-state index < -0.39 is 0 Å². The van der Waals surface area contributed by atoms with Crippen molar-refractivity contribution in [1.29, 1.82) is 0 Å². The zero-order valence-corrected chi connectivity index (χ0v) is 11.1. The summed E-state index contributed by atoms with van der Waals surface area (Å²) in [6, 6.07) is 7.35. The Morgan fingerprint density at radius 1 is 1.06 bits per heavy atom. The molecule has 1 aromatic carbocycles. The van der Waals surface area contributed by atoms with Crippen LogP contribution >= 0.6 is 15.9 Å². The number of hydrogen-bond acceptors (Lipinski definition) is 4. The van der Waals surface area contributed by atoms with Gasteiger partial charge >= 0.3 is 0 Å². The van der Waals surface area contributed by atoms with Crippen molar-refractivity contribution in [2.24, 2.45) is 0 Å². The van der Waals surface area contributed by atoms with Gasteiger partial charge in [-0.05, 0) is 40.2 Å². The number of rotatable bonds is 3. The van der Waals surface area contributed by atoms with Gasteiger partial charge in [0.1, 0.15) is 4.60 Å². The van der Waals surface area contributed by atoms with E-state index >= 15 is 0 Å². The van der Waals surface area contributed by atoms with Gasteiger partial charge in [-0.3, -0.25) is 0 Å². The molecule has 0 saturated carbocycles. The van der Waals surface area contributed by atoms with Gasteiger partial charge in [-0.25, -0.2) is 9.97 Å². The summed E-state index contributed by atoms with van der Waals surface area (Å²) in [5.41, 5.74) is 0.879. The molecule has 0 fully saturated rings. The Bertz CT molecular complexity index is 532. The number of benzene rings is 1. The Balaban J connectivity index is 2.46. The highest BCUT2D eigenvalue weighted by atomic mass is 79.9. The van der Waals surface area contributed by atoms with E-state index in [0.717, 1.165) is 10.2 Å². The predicted molar refractivity (Wildman–Crippen MR) is 68.3 cm³/mol. The minimum absolute atomic E-state index is 0.639. The largest absolute Gasteiger partial charge is 0.493 e. The van der Waals surface area contributed by atoms with Gasteiger partial charge in [0, 0.05) is 11.8 Å². The first-order valence-corrected chi connectivity index (χ1v) is 5.75. The summed E-state index contributed by atoms with van der Waals surface area (Å²) in [6.45, 7) is 0. The minimum Gasteiger partial charge on any atom is -0.493 e. The van der Waals surface area contributed by atoms with E-state index in [4.69, 9.17) is 9.47 Å². The molecule has 0 amide bonds. The van der Waals surface area contributed by atoms with E-state index in [1.54, 1.807) is 26.5 Å². The second-order valence-electron chi connectivity index (χ2n) is 3.27. The van der Waals surface area contributed by atoms with Gasteiger partial charge in [0.15, 0.2) is 17.3 Å². The summed E-state index contributed by atoms with van der Waals surface area (Å²) in [4.78, 5) is 8.49. The summed E-state index contributed by atoms with van der Waals surface area (Å²) in [5.74, 6) is 1.99. The van der Waals surface area contributed by atoms with Crippen LogP contribution < -0.4 is 9.47 Å². The van der Waals surface area contributed by atoms with Crippen LogP contribution in [0.2, 0.25) is 0 Å². The van der Waals surface area contributed by atoms with Crippen LogP contribution in [0.5, 0.6) is 11.5 Å². The first kappa shape index (κ1) is 11.9.